The van der Waals surface area contributed by atoms with Crippen LogP contribution in [0.1, 0.15) is 43.8 Å². The average molecular weight is 292 g/mol. The van der Waals surface area contributed by atoms with E-state index in [9.17, 15) is 5.11 Å². The zero-order chi connectivity index (χ0) is 14.7. The molecule has 4 nitrogen and oxygen atoms in total. The molecule has 1 heterocycles. The Morgan fingerprint density at radius 3 is 2.52 bits per heavy atom. The maximum absolute atomic E-state index is 10.7. The van der Waals surface area contributed by atoms with Crippen LogP contribution < -0.4 is 9.47 Å². The lowest BCUT2D eigenvalue weighted by Crippen LogP contribution is -2.31. The standard InChI is InChI=1S/C17H24O4/c1-19-17(12-5-3-2-4-6-12)16(18)13-7-8-14-15(11-13)21-10-9-20-14/h7-8,11-12,16-18H,2-6,9-10H2,1H3. The van der Waals surface area contributed by atoms with Crippen LogP contribution in [0.5, 0.6) is 11.5 Å². The van der Waals surface area contributed by atoms with E-state index in [4.69, 9.17) is 14.2 Å². The van der Waals surface area contributed by atoms with E-state index in [1.165, 1.54) is 19.3 Å². The summed E-state index contributed by atoms with van der Waals surface area (Å²) in [6.45, 7) is 1.14. The van der Waals surface area contributed by atoms with Crippen molar-refractivity contribution in [3.8, 4) is 11.5 Å². The molecule has 1 saturated carbocycles. The van der Waals surface area contributed by atoms with E-state index in [-0.39, 0.29) is 6.10 Å². The fourth-order valence-corrected chi connectivity index (χ4v) is 3.48. The number of hydrogen-bond acceptors (Lipinski definition) is 4. The molecule has 1 N–H and O–H groups in total. The molecule has 1 aliphatic heterocycles. The summed E-state index contributed by atoms with van der Waals surface area (Å²) in [7, 11) is 1.69. The van der Waals surface area contributed by atoms with Gasteiger partial charge in [0.25, 0.3) is 0 Å². The molecule has 1 aliphatic carbocycles. The number of ether oxygens (including phenoxy) is 3. The highest BCUT2D eigenvalue weighted by Gasteiger charge is 2.31. The number of methoxy groups -OCH3 is 1. The minimum absolute atomic E-state index is 0.146. The first kappa shape index (κ1) is 14.7. The molecule has 0 aromatic heterocycles. The summed E-state index contributed by atoms with van der Waals surface area (Å²) in [4.78, 5) is 0. The molecule has 2 aliphatic rings. The van der Waals surface area contributed by atoms with E-state index in [0.717, 1.165) is 29.9 Å². The molecule has 2 atom stereocenters. The topological polar surface area (TPSA) is 47.9 Å². The molecule has 0 saturated heterocycles. The van der Waals surface area contributed by atoms with E-state index >= 15 is 0 Å². The second kappa shape index (κ2) is 6.67. The van der Waals surface area contributed by atoms with Crippen molar-refractivity contribution in [3.63, 3.8) is 0 Å². The number of hydrogen-bond donors (Lipinski definition) is 1. The van der Waals surface area contributed by atoms with E-state index < -0.39 is 6.10 Å². The van der Waals surface area contributed by atoms with Gasteiger partial charge in [-0.2, -0.15) is 0 Å². The van der Waals surface area contributed by atoms with Gasteiger partial charge in [0.15, 0.2) is 11.5 Å². The molecular formula is C17H24O4. The monoisotopic (exact) mass is 292 g/mol. The maximum Gasteiger partial charge on any atom is 0.161 e. The van der Waals surface area contributed by atoms with Crippen LogP contribution in [0, 0.1) is 5.92 Å². The summed E-state index contributed by atoms with van der Waals surface area (Å²) < 4.78 is 16.7. The predicted molar refractivity (Wildman–Crippen MR) is 79.8 cm³/mol. The van der Waals surface area contributed by atoms with Gasteiger partial charge in [-0.05, 0) is 36.5 Å². The number of aliphatic hydroxyl groups excluding tert-OH is 1. The zero-order valence-electron chi connectivity index (χ0n) is 12.6. The smallest absolute Gasteiger partial charge is 0.161 e. The predicted octanol–water partition coefficient (Wildman–Crippen LogP) is 3.09. The van der Waals surface area contributed by atoms with Crippen LogP contribution in [0.3, 0.4) is 0 Å². The maximum atomic E-state index is 10.7. The molecule has 0 radical (unpaired) electrons. The molecule has 0 spiro atoms. The van der Waals surface area contributed by atoms with Crippen LogP contribution in [0.2, 0.25) is 0 Å². The first-order chi connectivity index (χ1) is 10.3. The summed E-state index contributed by atoms with van der Waals surface area (Å²) in [6.07, 6.45) is 5.28. The number of benzene rings is 1. The quantitative estimate of drug-likeness (QED) is 0.926. The molecule has 1 fully saturated rings. The lowest BCUT2D eigenvalue weighted by molar-refractivity contribution is -0.0560. The van der Waals surface area contributed by atoms with Gasteiger partial charge in [0, 0.05) is 7.11 Å². The molecule has 2 unspecified atom stereocenters. The van der Waals surface area contributed by atoms with E-state index in [1.807, 2.05) is 18.2 Å². The SMILES string of the molecule is COC(C1CCCCC1)C(O)c1ccc2c(c1)OCCO2. The Labute approximate surface area is 126 Å². The van der Waals surface area contributed by atoms with Gasteiger partial charge < -0.3 is 19.3 Å². The third-order valence-corrected chi connectivity index (χ3v) is 4.61. The molecular weight excluding hydrogens is 268 g/mol. The highest BCUT2D eigenvalue weighted by Crippen LogP contribution is 2.37. The number of fused-ring (bicyclic) bond motifs is 1. The van der Waals surface area contributed by atoms with Crippen molar-refractivity contribution in [1.29, 1.82) is 0 Å². The van der Waals surface area contributed by atoms with Crippen LogP contribution in [-0.4, -0.2) is 31.5 Å². The van der Waals surface area contributed by atoms with Crippen LogP contribution in [0.25, 0.3) is 0 Å². The summed E-state index contributed by atoms with van der Waals surface area (Å²) in [5.74, 6) is 1.91. The Balaban J connectivity index is 1.77. The Bertz CT molecular complexity index is 468. The van der Waals surface area contributed by atoms with Crippen LogP contribution in [0.15, 0.2) is 18.2 Å². The summed E-state index contributed by atoms with van der Waals surface area (Å²) in [5.41, 5.74) is 0.844. The van der Waals surface area contributed by atoms with Crippen molar-refractivity contribution in [2.75, 3.05) is 20.3 Å². The van der Waals surface area contributed by atoms with Gasteiger partial charge in [-0.25, -0.2) is 0 Å². The second-order valence-electron chi connectivity index (χ2n) is 5.95. The van der Waals surface area contributed by atoms with Gasteiger partial charge in [-0.1, -0.05) is 25.3 Å². The molecule has 0 bridgehead atoms. The third-order valence-electron chi connectivity index (χ3n) is 4.61. The number of aliphatic hydroxyl groups is 1. The average Bonchev–Trinajstić information content (AvgIpc) is 2.56. The summed E-state index contributed by atoms with van der Waals surface area (Å²) in [6, 6.07) is 5.67. The Morgan fingerprint density at radius 1 is 1.10 bits per heavy atom. The fourth-order valence-electron chi connectivity index (χ4n) is 3.48. The van der Waals surface area contributed by atoms with Crippen molar-refractivity contribution in [2.45, 2.75) is 44.3 Å². The van der Waals surface area contributed by atoms with Gasteiger partial charge in [-0.3, -0.25) is 0 Å². The first-order valence-electron chi connectivity index (χ1n) is 7.90. The minimum atomic E-state index is -0.617. The highest BCUT2D eigenvalue weighted by atomic mass is 16.6. The molecule has 4 heteroatoms. The molecule has 1 aromatic carbocycles. The molecule has 21 heavy (non-hydrogen) atoms. The van der Waals surface area contributed by atoms with Crippen LogP contribution in [-0.2, 0) is 4.74 Å². The summed E-state index contributed by atoms with van der Waals surface area (Å²) in [5, 5.41) is 10.7. The second-order valence-corrected chi connectivity index (χ2v) is 5.95. The Morgan fingerprint density at radius 2 is 1.81 bits per heavy atom. The molecule has 116 valence electrons. The van der Waals surface area contributed by atoms with Crippen molar-refractivity contribution in [3.05, 3.63) is 23.8 Å². The minimum Gasteiger partial charge on any atom is -0.486 e. The van der Waals surface area contributed by atoms with Gasteiger partial charge in [0.1, 0.15) is 19.3 Å². The van der Waals surface area contributed by atoms with Crippen molar-refractivity contribution < 1.29 is 19.3 Å². The van der Waals surface area contributed by atoms with E-state index in [1.54, 1.807) is 7.11 Å². The molecule has 0 amide bonds. The van der Waals surface area contributed by atoms with Crippen molar-refractivity contribution in [2.24, 2.45) is 5.92 Å². The molecule has 1 aromatic rings. The first-order valence-corrected chi connectivity index (χ1v) is 7.90. The summed E-state index contributed by atoms with van der Waals surface area (Å²) >= 11 is 0. The van der Waals surface area contributed by atoms with Crippen LogP contribution in [0.4, 0.5) is 0 Å². The van der Waals surface area contributed by atoms with E-state index in [2.05, 4.69) is 0 Å². The molecule has 3 rings (SSSR count). The van der Waals surface area contributed by atoms with Gasteiger partial charge in [-0.15, -0.1) is 0 Å². The third kappa shape index (κ3) is 3.16. The van der Waals surface area contributed by atoms with Gasteiger partial charge >= 0.3 is 0 Å². The van der Waals surface area contributed by atoms with Crippen LogP contribution >= 0.6 is 0 Å². The van der Waals surface area contributed by atoms with Crippen molar-refractivity contribution in [1.82, 2.24) is 0 Å². The van der Waals surface area contributed by atoms with Gasteiger partial charge in [0.05, 0.1) is 6.10 Å². The fraction of sp³-hybridized carbons (Fsp3) is 0.647. The lowest BCUT2D eigenvalue weighted by Gasteiger charge is -2.33. The lowest BCUT2D eigenvalue weighted by atomic mass is 9.82. The van der Waals surface area contributed by atoms with Gasteiger partial charge in [0.2, 0.25) is 0 Å². The normalized spacial score (nSPS) is 21.8. The van der Waals surface area contributed by atoms with Crippen molar-refractivity contribution >= 4 is 0 Å². The number of rotatable bonds is 4. The Kier molecular flexibility index (Phi) is 4.66. The van der Waals surface area contributed by atoms with E-state index in [0.29, 0.717) is 19.1 Å². The Hall–Kier alpha value is -1.26. The largest absolute Gasteiger partial charge is 0.486 e. The highest BCUT2D eigenvalue weighted by molar-refractivity contribution is 5.44. The zero-order valence-corrected chi connectivity index (χ0v) is 12.6.